The maximum Gasteiger partial charge on any atom is 0.132 e. The second-order valence-electron chi connectivity index (χ2n) is 20.2. The summed E-state index contributed by atoms with van der Waals surface area (Å²) < 4.78 is 0. The first-order valence-electron chi connectivity index (χ1n) is 26.7. The average molecular weight is 1040 g/mol. The molecule has 4 N–H and O–H groups in total. The summed E-state index contributed by atoms with van der Waals surface area (Å²) in [5, 5.41) is 57.9. The summed E-state index contributed by atoms with van der Waals surface area (Å²) in [5.74, 6) is -0.236. The van der Waals surface area contributed by atoms with E-state index in [9.17, 15) is 20.4 Å². The molecular weight excluding hydrogens is 985 g/mol. The molecule has 0 radical (unpaired) electrons. The molecule has 0 unspecified atom stereocenters. The van der Waals surface area contributed by atoms with Gasteiger partial charge in [0.25, 0.3) is 0 Å². The number of nitrogens with zero attached hydrogens (tertiary/aromatic N) is 4. The standard InChI is InChI=1S/C72H52N4O4/c77-69-53-37-49-29-13-17-33-57(49)61(69)62-59-35-19-15-31-51(59)39-55(71(62)79)43-75-67(47-25-9-3-10-26-47)68(48-27-11-4-12-28-48)76-44-56-40-52-32-16-20-36-60(52)64(72(56)80)63-58-34-18-14-30-50(58)38-54(70(63)78)42-74-66(46-23-7-2-8-24-46)65(73-41-53)45-21-5-1-6-22-45/h1-44,65-68,77-80H/t65-,66-,67-,68-/m1/s1. The average Bonchev–Trinajstić information content (AvgIpc) is 3.61. The van der Waals surface area contributed by atoms with Crippen molar-refractivity contribution in [2.75, 3.05) is 0 Å². The number of phenolic OH excluding ortho intramolecular Hbond substituents is 4. The molecule has 12 aromatic carbocycles. The topological polar surface area (TPSA) is 130 Å². The summed E-state index contributed by atoms with van der Waals surface area (Å²) in [4.78, 5) is 21.5. The first-order chi connectivity index (χ1) is 39.4. The second kappa shape index (κ2) is 21.2. The number of phenols is 4. The van der Waals surface area contributed by atoms with E-state index in [1.165, 1.54) is 0 Å². The van der Waals surface area contributed by atoms with Crippen LogP contribution in [0.15, 0.2) is 263 Å². The molecule has 0 spiro atoms. The zero-order valence-corrected chi connectivity index (χ0v) is 43.3. The third-order valence-corrected chi connectivity index (χ3v) is 15.4. The fourth-order valence-corrected chi connectivity index (χ4v) is 11.5. The van der Waals surface area contributed by atoms with E-state index >= 15 is 0 Å². The number of fused-ring (bicyclic) bond motifs is 18. The highest BCUT2D eigenvalue weighted by molar-refractivity contribution is 6.16. The monoisotopic (exact) mass is 1040 g/mol. The Bertz CT molecular complexity index is 3860. The van der Waals surface area contributed by atoms with Gasteiger partial charge in [-0.3, -0.25) is 20.0 Å². The van der Waals surface area contributed by atoms with E-state index < -0.39 is 24.2 Å². The molecule has 0 saturated heterocycles. The lowest BCUT2D eigenvalue weighted by Gasteiger charge is -2.23. The first-order valence-corrected chi connectivity index (χ1v) is 26.7. The molecule has 0 amide bonds. The summed E-state index contributed by atoms with van der Waals surface area (Å²) in [7, 11) is 0. The van der Waals surface area contributed by atoms with Gasteiger partial charge in [0.2, 0.25) is 0 Å². The van der Waals surface area contributed by atoms with Gasteiger partial charge in [-0.1, -0.05) is 218 Å². The minimum Gasteiger partial charge on any atom is -0.507 e. The van der Waals surface area contributed by atoms with Crippen LogP contribution in [0, 0.1) is 0 Å². The molecule has 1 aliphatic rings. The van der Waals surface area contributed by atoms with Crippen molar-refractivity contribution in [1.82, 2.24) is 0 Å². The van der Waals surface area contributed by atoms with Crippen LogP contribution in [0.2, 0.25) is 0 Å². The zero-order valence-electron chi connectivity index (χ0n) is 43.3. The molecule has 8 heteroatoms. The van der Waals surface area contributed by atoms with Crippen LogP contribution in [0.5, 0.6) is 23.0 Å². The van der Waals surface area contributed by atoms with Crippen molar-refractivity contribution in [3.05, 3.63) is 287 Å². The van der Waals surface area contributed by atoms with Crippen molar-refractivity contribution in [3.63, 3.8) is 0 Å². The van der Waals surface area contributed by atoms with Gasteiger partial charge in [-0.15, -0.1) is 0 Å². The van der Waals surface area contributed by atoms with E-state index in [4.69, 9.17) is 20.0 Å². The maximum absolute atomic E-state index is 12.9. The summed E-state index contributed by atoms with van der Waals surface area (Å²) >= 11 is 0. The van der Waals surface area contributed by atoms with Crippen LogP contribution >= 0.6 is 0 Å². The Morgan fingerprint density at radius 2 is 0.412 bits per heavy atom. The van der Waals surface area contributed by atoms with Crippen molar-refractivity contribution >= 4 is 67.9 Å². The van der Waals surface area contributed by atoms with Gasteiger partial charge in [-0.2, -0.15) is 0 Å². The molecule has 4 atom stereocenters. The zero-order chi connectivity index (χ0) is 54.1. The lowest BCUT2D eigenvalue weighted by molar-refractivity contribution is 0.469. The number of hydrogen-bond donors (Lipinski definition) is 4. The Balaban J connectivity index is 1.13. The number of aromatic hydroxyl groups is 4. The van der Waals surface area contributed by atoms with Gasteiger partial charge in [-0.05, 0) is 89.6 Å². The quantitative estimate of drug-likeness (QED) is 0.140. The minimum absolute atomic E-state index is 0.0590. The van der Waals surface area contributed by atoms with Crippen molar-refractivity contribution in [2.45, 2.75) is 24.2 Å². The predicted octanol–water partition coefficient (Wildman–Crippen LogP) is 16.8. The van der Waals surface area contributed by atoms with Crippen LogP contribution in [0.4, 0.5) is 0 Å². The Morgan fingerprint density at radius 1 is 0.225 bits per heavy atom. The van der Waals surface area contributed by atoms with Gasteiger partial charge in [-0.25, -0.2) is 0 Å². The van der Waals surface area contributed by atoms with Gasteiger partial charge in [0.05, 0.1) is 0 Å². The molecule has 384 valence electrons. The molecule has 8 bridgehead atoms. The SMILES string of the molecule is Oc1c2cc3ccccc3c1-c1c(O)c(cc3ccccc13)C=N[C@H](c1ccccc1)[C@@H](c1ccccc1)N=Cc1cc3ccccc3c(c1O)-c1c(O)c(cc3ccccc13)C=N[C@H](c1ccccc1)[C@@H](c1ccccc1)N=C2. The van der Waals surface area contributed by atoms with Crippen LogP contribution in [-0.2, 0) is 0 Å². The lowest BCUT2D eigenvalue weighted by Crippen LogP contribution is -2.09. The van der Waals surface area contributed by atoms with Gasteiger partial charge in [0.1, 0.15) is 47.2 Å². The molecule has 1 aliphatic heterocycles. The predicted molar refractivity (Wildman–Crippen MR) is 328 cm³/mol. The van der Waals surface area contributed by atoms with Crippen LogP contribution in [0.3, 0.4) is 0 Å². The molecular formula is C72H52N4O4. The highest BCUT2D eigenvalue weighted by Crippen LogP contribution is 2.50. The van der Waals surface area contributed by atoms with Gasteiger partial charge in [0, 0.05) is 69.4 Å². The van der Waals surface area contributed by atoms with Gasteiger partial charge < -0.3 is 20.4 Å². The van der Waals surface area contributed by atoms with Crippen LogP contribution in [-0.4, -0.2) is 45.3 Å². The van der Waals surface area contributed by atoms with E-state index in [-0.39, 0.29) is 23.0 Å². The van der Waals surface area contributed by atoms with Crippen molar-refractivity contribution < 1.29 is 20.4 Å². The summed E-state index contributed by atoms with van der Waals surface area (Å²) in [5.41, 5.74) is 7.00. The number of benzene rings is 12. The molecule has 1 heterocycles. The Labute approximate surface area is 462 Å². The maximum atomic E-state index is 12.9. The van der Waals surface area contributed by atoms with Crippen LogP contribution < -0.4 is 0 Å². The Hall–Kier alpha value is -10.4. The second-order valence-corrected chi connectivity index (χ2v) is 20.2. The minimum atomic E-state index is -0.646. The van der Waals surface area contributed by atoms with E-state index in [0.717, 1.165) is 65.3 Å². The van der Waals surface area contributed by atoms with E-state index in [1.54, 1.807) is 24.9 Å². The van der Waals surface area contributed by atoms with E-state index in [0.29, 0.717) is 44.5 Å². The summed E-state index contributed by atoms with van der Waals surface area (Å²) in [6.45, 7) is 0. The number of rotatable bonds is 4. The molecule has 80 heavy (non-hydrogen) atoms. The van der Waals surface area contributed by atoms with Crippen molar-refractivity contribution in [3.8, 4) is 45.3 Å². The molecule has 0 saturated carbocycles. The number of hydrogen-bond acceptors (Lipinski definition) is 8. The molecule has 12 aromatic rings. The fourth-order valence-electron chi connectivity index (χ4n) is 11.5. The third kappa shape index (κ3) is 9.08. The smallest absolute Gasteiger partial charge is 0.132 e. The Morgan fingerprint density at radius 3 is 0.625 bits per heavy atom. The largest absolute Gasteiger partial charge is 0.507 e. The molecule has 0 aliphatic carbocycles. The molecule has 0 aromatic heterocycles. The molecule has 8 nitrogen and oxygen atoms in total. The van der Waals surface area contributed by atoms with Crippen molar-refractivity contribution in [2.24, 2.45) is 20.0 Å². The molecule has 13 rings (SSSR count). The van der Waals surface area contributed by atoms with Crippen LogP contribution in [0.1, 0.15) is 68.7 Å². The summed E-state index contributed by atoms with van der Waals surface area (Å²) in [6, 6.07) is 76.3. The first kappa shape index (κ1) is 49.2. The normalized spacial score (nSPS) is 16.5. The van der Waals surface area contributed by atoms with Gasteiger partial charge >= 0.3 is 0 Å². The van der Waals surface area contributed by atoms with Crippen LogP contribution in [0.25, 0.3) is 65.3 Å². The lowest BCUT2D eigenvalue weighted by atomic mass is 9.88. The van der Waals surface area contributed by atoms with E-state index in [2.05, 4.69) is 0 Å². The highest BCUT2D eigenvalue weighted by Gasteiger charge is 2.29. The Kier molecular flexibility index (Phi) is 13.0. The van der Waals surface area contributed by atoms with E-state index in [1.807, 2.05) is 243 Å². The van der Waals surface area contributed by atoms with Gasteiger partial charge in [0.15, 0.2) is 0 Å². The fraction of sp³-hybridized carbons (Fsp3) is 0.0556. The van der Waals surface area contributed by atoms with Crippen molar-refractivity contribution in [1.29, 1.82) is 0 Å². The third-order valence-electron chi connectivity index (χ3n) is 15.4. The molecule has 0 fully saturated rings. The number of aliphatic imine (C=N–C) groups is 4. The highest BCUT2D eigenvalue weighted by atomic mass is 16.3. The summed E-state index contributed by atoms with van der Waals surface area (Å²) in [6.07, 6.45) is 6.83.